The van der Waals surface area contributed by atoms with Crippen molar-refractivity contribution in [1.29, 1.82) is 0 Å². The van der Waals surface area contributed by atoms with Crippen molar-refractivity contribution in [2.45, 2.75) is 52.7 Å². The number of carbonyl (C=O) groups excluding carboxylic acids is 2. The fourth-order valence-corrected chi connectivity index (χ4v) is 6.40. The lowest BCUT2D eigenvalue weighted by molar-refractivity contribution is -0.689. The summed E-state index contributed by atoms with van der Waals surface area (Å²) in [5.74, 6) is -0.182. The van der Waals surface area contributed by atoms with E-state index in [9.17, 15) is 9.59 Å². The molecule has 0 spiro atoms. The number of rotatable bonds is 10. The van der Waals surface area contributed by atoms with E-state index in [1.807, 2.05) is 79.0 Å². The highest BCUT2D eigenvalue weighted by molar-refractivity contribution is 6.35. The molecule has 1 amide bonds. The van der Waals surface area contributed by atoms with E-state index in [0.717, 1.165) is 43.2 Å². The molecule has 0 saturated carbocycles. The van der Waals surface area contributed by atoms with Crippen molar-refractivity contribution in [1.82, 2.24) is 14.7 Å². The summed E-state index contributed by atoms with van der Waals surface area (Å²) in [5, 5.41) is 5.51. The molecule has 2 aliphatic rings. The largest absolute Gasteiger partial charge is 0.491 e. The summed E-state index contributed by atoms with van der Waals surface area (Å²) in [4.78, 5) is 28.0. The van der Waals surface area contributed by atoms with Crippen LogP contribution in [0.4, 0.5) is 5.69 Å². The molecule has 0 bridgehead atoms. The second kappa shape index (κ2) is 15.0. The van der Waals surface area contributed by atoms with Crippen LogP contribution in [0.2, 0.25) is 10.0 Å². The van der Waals surface area contributed by atoms with Crippen LogP contribution >= 0.6 is 23.2 Å². The van der Waals surface area contributed by atoms with Gasteiger partial charge < -0.3 is 28.7 Å². The van der Waals surface area contributed by atoms with Crippen molar-refractivity contribution in [3.05, 3.63) is 101 Å². The second-order valence-electron chi connectivity index (χ2n) is 13.6. The number of piperazine rings is 1. The Balaban J connectivity index is 1.09. The zero-order valence-electron chi connectivity index (χ0n) is 28.7. The first-order chi connectivity index (χ1) is 23.9. The monoisotopic (exact) mass is 722 g/mol. The van der Waals surface area contributed by atoms with E-state index in [1.165, 1.54) is 0 Å². The van der Waals surface area contributed by atoms with Gasteiger partial charge in [-0.25, -0.2) is 4.57 Å². The Morgan fingerprint density at radius 1 is 0.980 bits per heavy atom. The molecule has 50 heavy (non-hydrogen) atoms. The summed E-state index contributed by atoms with van der Waals surface area (Å²) >= 11 is 12.9. The van der Waals surface area contributed by atoms with Crippen LogP contribution in [0.25, 0.3) is 0 Å². The maximum absolute atomic E-state index is 12.2. The average Bonchev–Trinajstić information content (AvgIpc) is 3.71. The molecule has 2 saturated heterocycles. The number of amides is 1. The first-order valence-electron chi connectivity index (χ1n) is 16.6. The topological polar surface area (TPSA) is 99.2 Å². The molecular formula is C37H42Cl2N5O6+. The predicted octanol–water partition coefficient (Wildman–Crippen LogP) is 5.49. The van der Waals surface area contributed by atoms with E-state index in [4.69, 9.17) is 42.1 Å². The van der Waals surface area contributed by atoms with Crippen molar-refractivity contribution in [2.24, 2.45) is 5.41 Å². The Kier molecular flexibility index (Phi) is 10.7. The molecule has 0 N–H and O–H groups in total. The van der Waals surface area contributed by atoms with Gasteiger partial charge in [0.05, 0.1) is 23.6 Å². The highest BCUT2D eigenvalue weighted by atomic mass is 35.5. The average molecular weight is 724 g/mol. The number of esters is 1. The quantitative estimate of drug-likeness (QED) is 0.120. The second-order valence-corrected chi connectivity index (χ2v) is 14.5. The van der Waals surface area contributed by atoms with Gasteiger partial charge in [-0.1, -0.05) is 41.4 Å². The van der Waals surface area contributed by atoms with Gasteiger partial charge in [-0.2, -0.15) is 0 Å². The van der Waals surface area contributed by atoms with Crippen LogP contribution in [0.3, 0.4) is 0 Å². The third kappa shape index (κ3) is 8.58. The zero-order valence-corrected chi connectivity index (χ0v) is 30.2. The van der Waals surface area contributed by atoms with E-state index in [0.29, 0.717) is 27.9 Å². The SMILES string of the molecule is CC(=O)N1CCN(c2ccc(OC[C@@H]3CO[C@@](Cn4c[n+](Cc5ccc(OC(=O)C(C)(C)C)cc5)cn4)(c4ccc(Cl)cc4Cl)O3)cc2)CC1. The van der Waals surface area contributed by atoms with Crippen LogP contribution in [0.5, 0.6) is 11.5 Å². The standard InChI is InChI=1S/C37H42Cl2N5O6/c1-26(45)42-15-17-43(18-16-42)29-8-12-30(13-9-29)47-21-32-22-48-37(50-32,33-14-7-28(38)19-34(33)39)23-44-25-41(24-40-44)20-27-5-10-31(11-6-27)49-35(46)36(2,3)4/h5-14,19,24-25,32H,15-18,20-23H2,1-4H3/q+1/t32-,37-/m1/s1. The number of ether oxygens (including phenoxy) is 4. The molecule has 2 atom stereocenters. The lowest BCUT2D eigenvalue weighted by atomic mass is 9.97. The maximum atomic E-state index is 12.2. The molecule has 2 aliphatic heterocycles. The summed E-state index contributed by atoms with van der Waals surface area (Å²) < 4.78 is 28.3. The molecule has 0 aliphatic carbocycles. The minimum absolute atomic E-state index is 0.114. The van der Waals surface area contributed by atoms with Gasteiger partial charge in [0, 0.05) is 54.5 Å². The Bertz CT molecular complexity index is 1800. The highest BCUT2D eigenvalue weighted by Crippen LogP contribution is 2.40. The molecule has 3 aromatic carbocycles. The smallest absolute Gasteiger partial charge is 0.316 e. The van der Waals surface area contributed by atoms with Gasteiger partial charge in [0.2, 0.25) is 18.0 Å². The molecule has 264 valence electrons. The zero-order chi connectivity index (χ0) is 35.5. The van der Waals surface area contributed by atoms with Gasteiger partial charge in [0.15, 0.2) is 6.54 Å². The fourth-order valence-electron chi connectivity index (χ4n) is 5.85. The third-order valence-electron chi connectivity index (χ3n) is 8.68. The number of aromatic nitrogens is 3. The number of nitrogens with zero attached hydrogens (tertiary/aromatic N) is 5. The normalized spacial score (nSPS) is 19.4. The summed E-state index contributed by atoms with van der Waals surface area (Å²) in [6.45, 7) is 11.4. The maximum Gasteiger partial charge on any atom is 0.316 e. The predicted molar refractivity (Wildman–Crippen MR) is 188 cm³/mol. The summed E-state index contributed by atoms with van der Waals surface area (Å²) in [6.07, 6.45) is 3.22. The molecule has 0 unspecified atom stereocenters. The van der Waals surface area contributed by atoms with E-state index >= 15 is 0 Å². The molecule has 6 rings (SSSR count). The number of carbonyl (C=O) groups is 2. The summed E-state index contributed by atoms with van der Waals surface area (Å²) in [7, 11) is 0. The summed E-state index contributed by atoms with van der Waals surface area (Å²) in [6, 6.07) is 20.6. The Morgan fingerprint density at radius 2 is 1.68 bits per heavy atom. The fraction of sp³-hybridized carbons (Fsp3) is 0.405. The van der Waals surface area contributed by atoms with Crippen LogP contribution in [0.1, 0.15) is 38.8 Å². The number of halogens is 2. The molecule has 1 aromatic heterocycles. The van der Waals surface area contributed by atoms with Gasteiger partial charge in [0.1, 0.15) is 24.2 Å². The van der Waals surface area contributed by atoms with Crippen LogP contribution in [-0.2, 0) is 37.9 Å². The van der Waals surface area contributed by atoms with E-state index in [-0.39, 0.29) is 37.7 Å². The summed E-state index contributed by atoms with van der Waals surface area (Å²) in [5.41, 5.74) is 2.16. The number of benzene rings is 3. The Labute approximate surface area is 302 Å². The number of hydrogen-bond acceptors (Lipinski definition) is 8. The van der Waals surface area contributed by atoms with E-state index in [1.54, 1.807) is 42.2 Å². The van der Waals surface area contributed by atoms with Crippen molar-refractivity contribution in [3.8, 4) is 11.5 Å². The van der Waals surface area contributed by atoms with Crippen LogP contribution in [0.15, 0.2) is 79.4 Å². The Hall–Kier alpha value is -4.16. The van der Waals surface area contributed by atoms with Crippen molar-refractivity contribution >= 4 is 40.8 Å². The Morgan fingerprint density at radius 3 is 2.34 bits per heavy atom. The van der Waals surface area contributed by atoms with Crippen molar-refractivity contribution in [2.75, 3.05) is 44.3 Å². The van der Waals surface area contributed by atoms with Crippen LogP contribution in [0, 0.1) is 5.41 Å². The van der Waals surface area contributed by atoms with Crippen molar-refractivity contribution < 1.29 is 33.1 Å². The molecule has 13 heteroatoms. The molecule has 3 heterocycles. The minimum Gasteiger partial charge on any atom is -0.491 e. The van der Waals surface area contributed by atoms with Gasteiger partial charge in [-0.3, -0.25) is 9.59 Å². The first kappa shape index (κ1) is 35.7. The molecule has 4 aromatic rings. The van der Waals surface area contributed by atoms with E-state index < -0.39 is 11.2 Å². The van der Waals surface area contributed by atoms with Gasteiger partial charge >= 0.3 is 5.97 Å². The molecular weight excluding hydrogens is 681 g/mol. The number of hydrogen-bond donors (Lipinski definition) is 0. The van der Waals surface area contributed by atoms with Gasteiger partial charge in [0.25, 0.3) is 6.33 Å². The first-order valence-corrected chi connectivity index (χ1v) is 17.4. The molecule has 11 nitrogen and oxygen atoms in total. The number of anilines is 1. The highest BCUT2D eigenvalue weighted by Gasteiger charge is 2.47. The van der Waals surface area contributed by atoms with E-state index in [2.05, 4.69) is 10.00 Å². The third-order valence-corrected chi connectivity index (χ3v) is 9.22. The van der Waals surface area contributed by atoms with Crippen LogP contribution < -0.4 is 18.9 Å². The van der Waals surface area contributed by atoms with Crippen LogP contribution in [-0.4, -0.2) is 72.1 Å². The lowest BCUT2D eigenvalue weighted by Gasteiger charge is -2.35. The van der Waals surface area contributed by atoms with Crippen molar-refractivity contribution in [3.63, 3.8) is 0 Å². The molecule has 0 radical (unpaired) electrons. The lowest BCUT2D eigenvalue weighted by Crippen LogP contribution is -2.48. The molecule has 2 fully saturated rings. The van der Waals surface area contributed by atoms with Gasteiger partial charge in [-0.15, -0.1) is 4.68 Å². The minimum atomic E-state index is -1.23. The van der Waals surface area contributed by atoms with Gasteiger partial charge in [-0.05, 0) is 74.9 Å².